The first kappa shape index (κ1) is 13.9. The van der Waals surface area contributed by atoms with Gasteiger partial charge in [-0.15, -0.1) is 0 Å². The number of hydrogen-bond acceptors (Lipinski definition) is 2. The Bertz CT molecular complexity index is 561. The maximum absolute atomic E-state index is 13.1. The van der Waals surface area contributed by atoms with Crippen molar-refractivity contribution in [3.63, 3.8) is 0 Å². The molecule has 1 heterocycles. The van der Waals surface area contributed by atoms with Crippen LogP contribution in [0.25, 0.3) is 5.69 Å². The van der Waals surface area contributed by atoms with Crippen LogP contribution in [0.3, 0.4) is 0 Å². The Labute approximate surface area is 112 Å². The van der Waals surface area contributed by atoms with Crippen molar-refractivity contribution in [1.82, 2.24) is 9.78 Å². The van der Waals surface area contributed by atoms with E-state index in [0.717, 1.165) is 4.68 Å². The third-order valence-corrected chi connectivity index (χ3v) is 2.85. The van der Waals surface area contributed by atoms with Crippen LogP contribution in [0.5, 0.6) is 0 Å². The van der Waals surface area contributed by atoms with Crippen LogP contribution in [0.2, 0.25) is 5.02 Å². The predicted molar refractivity (Wildman–Crippen MR) is 66.3 cm³/mol. The maximum atomic E-state index is 13.1. The third-order valence-electron chi connectivity index (χ3n) is 2.60. The molecule has 2 N–H and O–H groups in total. The predicted octanol–water partition coefficient (Wildman–Crippen LogP) is 3.05. The van der Waals surface area contributed by atoms with E-state index >= 15 is 0 Å². The van der Waals surface area contributed by atoms with E-state index < -0.39 is 11.9 Å². The van der Waals surface area contributed by atoms with Gasteiger partial charge in [0.1, 0.15) is 0 Å². The lowest BCUT2D eigenvalue weighted by Gasteiger charge is -2.12. The lowest BCUT2D eigenvalue weighted by molar-refractivity contribution is -0.143. The van der Waals surface area contributed by atoms with Crippen molar-refractivity contribution in [3.05, 3.63) is 46.7 Å². The Morgan fingerprint density at radius 2 is 1.84 bits per heavy atom. The fourth-order valence-electron chi connectivity index (χ4n) is 1.80. The molecule has 0 aliphatic carbocycles. The van der Waals surface area contributed by atoms with Crippen LogP contribution in [0.4, 0.5) is 13.2 Å². The van der Waals surface area contributed by atoms with Gasteiger partial charge in [-0.2, -0.15) is 18.3 Å². The second kappa shape index (κ2) is 5.22. The molecule has 0 aliphatic heterocycles. The maximum Gasteiger partial charge on any atom is 0.433 e. The Morgan fingerprint density at radius 3 is 2.37 bits per heavy atom. The average Bonchev–Trinajstić information content (AvgIpc) is 2.74. The van der Waals surface area contributed by atoms with Gasteiger partial charge in [0.05, 0.1) is 11.9 Å². The van der Waals surface area contributed by atoms with E-state index in [9.17, 15) is 13.2 Å². The Hall–Kier alpha value is -1.53. The number of nitrogens with two attached hydrogens (primary N) is 1. The zero-order chi connectivity index (χ0) is 14.0. The van der Waals surface area contributed by atoms with Gasteiger partial charge in [-0.1, -0.05) is 11.6 Å². The van der Waals surface area contributed by atoms with Gasteiger partial charge >= 0.3 is 6.18 Å². The summed E-state index contributed by atoms with van der Waals surface area (Å²) in [5.74, 6) is 0. The van der Waals surface area contributed by atoms with E-state index in [2.05, 4.69) is 5.10 Å². The molecular weight excluding hydrogens is 279 g/mol. The first-order valence-electron chi connectivity index (χ1n) is 5.53. The normalized spacial score (nSPS) is 11.8. The standard InChI is InChI=1S/C12H11ClF3N3/c13-9-1-3-10(4-2-9)19-11(12(14,15)16)8(5-6-17)7-18-19/h1-4,7H,5-6,17H2. The van der Waals surface area contributed by atoms with Crippen LogP contribution in [0.1, 0.15) is 11.3 Å². The van der Waals surface area contributed by atoms with Gasteiger partial charge in [-0.25, -0.2) is 4.68 Å². The minimum atomic E-state index is -4.49. The van der Waals surface area contributed by atoms with E-state index in [0.29, 0.717) is 10.7 Å². The largest absolute Gasteiger partial charge is 0.433 e. The summed E-state index contributed by atoms with van der Waals surface area (Å²) in [5, 5.41) is 4.25. The second-order valence-corrected chi connectivity index (χ2v) is 4.38. The van der Waals surface area contributed by atoms with Gasteiger partial charge < -0.3 is 5.73 Å². The van der Waals surface area contributed by atoms with Crippen LogP contribution in [0, 0.1) is 0 Å². The highest BCUT2D eigenvalue weighted by molar-refractivity contribution is 6.30. The van der Waals surface area contributed by atoms with E-state index in [1.54, 1.807) is 0 Å². The highest BCUT2D eigenvalue weighted by atomic mass is 35.5. The molecule has 3 nitrogen and oxygen atoms in total. The number of alkyl halides is 3. The molecule has 0 atom stereocenters. The van der Waals surface area contributed by atoms with Crippen molar-refractivity contribution < 1.29 is 13.2 Å². The molecule has 2 rings (SSSR count). The monoisotopic (exact) mass is 289 g/mol. The van der Waals surface area contributed by atoms with Gasteiger partial charge in [0.2, 0.25) is 0 Å². The molecule has 0 aliphatic rings. The zero-order valence-electron chi connectivity index (χ0n) is 9.78. The fourth-order valence-corrected chi connectivity index (χ4v) is 1.93. The number of halogens is 4. The molecule has 1 aromatic heterocycles. The smallest absolute Gasteiger partial charge is 0.330 e. The van der Waals surface area contributed by atoms with E-state index in [1.807, 2.05) is 0 Å². The minimum Gasteiger partial charge on any atom is -0.330 e. The molecule has 19 heavy (non-hydrogen) atoms. The van der Waals surface area contributed by atoms with Crippen molar-refractivity contribution in [1.29, 1.82) is 0 Å². The summed E-state index contributed by atoms with van der Waals surface area (Å²) < 4.78 is 40.2. The third kappa shape index (κ3) is 2.90. The van der Waals surface area contributed by atoms with E-state index in [4.69, 9.17) is 17.3 Å². The summed E-state index contributed by atoms with van der Waals surface area (Å²) in [7, 11) is 0. The molecule has 102 valence electrons. The molecule has 0 amide bonds. The molecule has 7 heteroatoms. The summed E-state index contributed by atoms with van der Waals surface area (Å²) >= 11 is 5.72. The molecule has 0 radical (unpaired) electrons. The van der Waals surface area contributed by atoms with E-state index in [1.165, 1.54) is 30.5 Å². The number of hydrogen-bond donors (Lipinski definition) is 1. The number of benzene rings is 1. The number of aromatic nitrogens is 2. The van der Waals surface area contributed by atoms with Crippen molar-refractivity contribution in [3.8, 4) is 5.69 Å². The van der Waals surface area contributed by atoms with Gasteiger partial charge in [0, 0.05) is 10.6 Å². The zero-order valence-corrected chi connectivity index (χ0v) is 10.5. The van der Waals surface area contributed by atoms with Crippen LogP contribution in [-0.4, -0.2) is 16.3 Å². The highest BCUT2D eigenvalue weighted by Crippen LogP contribution is 2.33. The molecular formula is C12H11ClF3N3. The molecule has 0 unspecified atom stereocenters. The van der Waals surface area contributed by atoms with Crippen LogP contribution >= 0.6 is 11.6 Å². The SMILES string of the molecule is NCCc1cnn(-c2ccc(Cl)cc2)c1C(F)(F)F. The van der Waals surface area contributed by atoms with Gasteiger partial charge in [0.15, 0.2) is 5.69 Å². The Kier molecular flexibility index (Phi) is 3.82. The van der Waals surface area contributed by atoms with Crippen LogP contribution < -0.4 is 5.73 Å². The van der Waals surface area contributed by atoms with Crippen LogP contribution in [-0.2, 0) is 12.6 Å². The summed E-state index contributed by atoms with van der Waals surface area (Å²) in [6.07, 6.45) is -3.16. The molecule has 0 spiro atoms. The molecule has 1 aromatic carbocycles. The Balaban J connectivity index is 2.54. The fraction of sp³-hybridized carbons (Fsp3) is 0.250. The summed E-state index contributed by atoms with van der Waals surface area (Å²) in [6, 6.07) is 6.00. The minimum absolute atomic E-state index is 0.0879. The number of nitrogens with zero attached hydrogens (tertiary/aromatic N) is 2. The average molecular weight is 290 g/mol. The molecule has 0 bridgehead atoms. The summed E-state index contributed by atoms with van der Waals surface area (Å²) in [6.45, 7) is 0.134. The van der Waals surface area contributed by atoms with E-state index in [-0.39, 0.29) is 18.5 Å². The molecule has 2 aromatic rings. The molecule has 0 saturated heterocycles. The highest BCUT2D eigenvalue weighted by Gasteiger charge is 2.38. The van der Waals surface area contributed by atoms with Crippen molar-refractivity contribution >= 4 is 11.6 Å². The first-order chi connectivity index (χ1) is 8.93. The molecule has 0 saturated carbocycles. The van der Waals surface area contributed by atoms with Crippen molar-refractivity contribution in [2.75, 3.05) is 6.54 Å². The van der Waals surface area contributed by atoms with Crippen molar-refractivity contribution in [2.24, 2.45) is 5.73 Å². The Morgan fingerprint density at radius 1 is 1.21 bits per heavy atom. The summed E-state index contributed by atoms with van der Waals surface area (Å²) in [5.41, 5.74) is 4.92. The molecule has 0 fully saturated rings. The second-order valence-electron chi connectivity index (χ2n) is 3.94. The first-order valence-corrected chi connectivity index (χ1v) is 5.91. The quantitative estimate of drug-likeness (QED) is 0.944. The van der Waals surface area contributed by atoms with Crippen LogP contribution in [0.15, 0.2) is 30.5 Å². The lowest BCUT2D eigenvalue weighted by Crippen LogP contribution is -2.16. The van der Waals surface area contributed by atoms with Gasteiger partial charge in [-0.05, 0) is 37.2 Å². The topological polar surface area (TPSA) is 43.8 Å². The number of rotatable bonds is 3. The summed E-state index contributed by atoms with van der Waals surface area (Å²) in [4.78, 5) is 0. The lowest BCUT2D eigenvalue weighted by atomic mass is 10.1. The van der Waals surface area contributed by atoms with Gasteiger partial charge in [0.25, 0.3) is 0 Å². The van der Waals surface area contributed by atoms with Gasteiger partial charge in [-0.3, -0.25) is 0 Å². The van der Waals surface area contributed by atoms with Crippen molar-refractivity contribution in [2.45, 2.75) is 12.6 Å².